The van der Waals surface area contributed by atoms with Crippen molar-refractivity contribution in [3.63, 3.8) is 0 Å². The molecule has 104 valence electrons. The maximum absolute atomic E-state index is 13.3. The summed E-state index contributed by atoms with van der Waals surface area (Å²) >= 11 is 5.83. The van der Waals surface area contributed by atoms with Crippen LogP contribution in [0.2, 0.25) is 5.02 Å². The maximum atomic E-state index is 13.3. The number of halogens is 2. The molecule has 0 aromatic heterocycles. The number of carbonyl (C=O) groups excluding carboxylic acids is 1. The molecule has 0 aliphatic carbocycles. The Morgan fingerprint density at radius 2 is 2.00 bits per heavy atom. The number of rotatable bonds is 4. The number of hydrogen-bond acceptors (Lipinski definition) is 2. The van der Waals surface area contributed by atoms with Gasteiger partial charge >= 0.3 is 0 Å². The van der Waals surface area contributed by atoms with Crippen LogP contribution in [0.5, 0.6) is 0 Å². The number of carbonyl (C=O) groups is 1. The lowest BCUT2D eigenvalue weighted by atomic mass is 10.2. The monoisotopic (exact) mass is 292 g/mol. The maximum Gasteiger partial charge on any atom is 0.243 e. The topological polar surface area (TPSA) is 41.1 Å². The summed E-state index contributed by atoms with van der Waals surface area (Å²) in [4.78, 5) is 11.8. The molecule has 0 heterocycles. The zero-order valence-electron chi connectivity index (χ0n) is 10.9. The Morgan fingerprint density at radius 1 is 1.25 bits per heavy atom. The van der Waals surface area contributed by atoms with Crippen LogP contribution in [0, 0.1) is 12.7 Å². The zero-order chi connectivity index (χ0) is 14.5. The van der Waals surface area contributed by atoms with Crippen molar-refractivity contribution in [1.82, 2.24) is 0 Å². The molecule has 0 bridgehead atoms. The molecule has 0 spiro atoms. The molecule has 5 heteroatoms. The van der Waals surface area contributed by atoms with E-state index < -0.39 is 0 Å². The van der Waals surface area contributed by atoms with Gasteiger partial charge in [-0.15, -0.1) is 0 Å². The Bertz CT molecular complexity index is 631. The Morgan fingerprint density at radius 3 is 2.75 bits per heavy atom. The molecule has 0 aliphatic rings. The van der Waals surface area contributed by atoms with Gasteiger partial charge in [0.1, 0.15) is 5.82 Å². The summed E-state index contributed by atoms with van der Waals surface area (Å²) in [6.45, 7) is 1.71. The lowest BCUT2D eigenvalue weighted by Crippen LogP contribution is -2.22. The summed E-state index contributed by atoms with van der Waals surface area (Å²) < 4.78 is 13.3. The van der Waals surface area contributed by atoms with Gasteiger partial charge in [0.2, 0.25) is 5.91 Å². The number of amides is 1. The van der Waals surface area contributed by atoms with Gasteiger partial charge < -0.3 is 10.6 Å². The largest absolute Gasteiger partial charge is 0.376 e. The summed E-state index contributed by atoms with van der Waals surface area (Å²) in [6, 6.07) is 11.6. The number of nitrogens with one attached hydrogen (secondary N) is 2. The van der Waals surface area contributed by atoms with E-state index in [-0.39, 0.29) is 18.3 Å². The zero-order valence-corrected chi connectivity index (χ0v) is 11.7. The van der Waals surface area contributed by atoms with Crippen molar-refractivity contribution < 1.29 is 9.18 Å². The number of benzene rings is 2. The highest BCUT2D eigenvalue weighted by Crippen LogP contribution is 2.17. The predicted molar refractivity (Wildman–Crippen MR) is 79.7 cm³/mol. The van der Waals surface area contributed by atoms with E-state index in [4.69, 9.17) is 11.6 Å². The van der Waals surface area contributed by atoms with Crippen molar-refractivity contribution in [2.45, 2.75) is 6.92 Å². The van der Waals surface area contributed by atoms with E-state index in [0.29, 0.717) is 22.0 Å². The van der Waals surface area contributed by atoms with E-state index in [1.54, 1.807) is 43.3 Å². The Balaban J connectivity index is 1.94. The first-order valence-corrected chi connectivity index (χ1v) is 6.48. The molecule has 0 atom stereocenters. The van der Waals surface area contributed by atoms with Gasteiger partial charge in [-0.05, 0) is 37.3 Å². The van der Waals surface area contributed by atoms with E-state index in [1.807, 2.05) is 0 Å². The molecule has 20 heavy (non-hydrogen) atoms. The van der Waals surface area contributed by atoms with Crippen molar-refractivity contribution in [2.75, 3.05) is 17.2 Å². The molecule has 0 saturated heterocycles. The molecule has 0 saturated carbocycles. The fourth-order valence-electron chi connectivity index (χ4n) is 1.75. The Labute approximate surface area is 121 Å². The third-order valence-electron chi connectivity index (χ3n) is 2.82. The molecular formula is C15H14ClFN2O. The fraction of sp³-hybridized carbons (Fsp3) is 0.133. The molecule has 3 nitrogen and oxygen atoms in total. The molecule has 0 unspecified atom stereocenters. The molecule has 0 aliphatic heterocycles. The van der Waals surface area contributed by atoms with E-state index >= 15 is 0 Å². The minimum absolute atomic E-state index is 0.0524. The fourth-order valence-corrected chi connectivity index (χ4v) is 1.94. The summed E-state index contributed by atoms with van der Waals surface area (Å²) in [5.41, 5.74) is 1.72. The first-order valence-electron chi connectivity index (χ1n) is 6.10. The van der Waals surface area contributed by atoms with Crippen LogP contribution in [0.25, 0.3) is 0 Å². The normalized spacial score (nSPS) is 10.2. The van der Waals surface area contributed by atoms with Gasteiger partial charge in [0.05, 0.1) is 6.54 Å². The smallest absolute Gasteiger partial charge is 0.243 e. The van der Waals surface area contributed by atoms with Crippen molar-refractivity contribution in [3.8, 4) is 0 Å². The van der Waals surface area contributed by atoms with Crippen LogP contribution >= 0.6 is 11.6 Å². The van der Waals surface area contributed by atoms with Crippen molar-refractivity contribution >= 4 is 28.9 Å². The summed E-state index contributed by atoms with van der Waals surface area (Å²) in [5.74, 6) is -0.527. The van der Waals surface area contributed by atoms with Gasteiger partial charge in [0.15, 0.2) is 0 Å². The van der Waals surface area contributed by atoms with Crippen LogP contribution < -0.4 is 10.6 Å². The second-order valence-electron chi connectivity index (χ2n) is 4.32. The summed E-state index contributed by atoms with van der Waals surface area (Å²) in [5, 5.41) is 6.16. The van der Waals surface area contributed by atoms with Crippen molar-refractivity contribution in [2.24, 2.45) is 0 Å². The van der Waals surface area contributed by atoms with Gasteiger partial charge in [-0.2, -0.15) is 0 Å². The third kappa shape index (κ3) is 3.71. The lowest BCUT2D eigenvalue weighted by molar-refractivity contribution is -0.114. The SMILES string of the molecule is Cc1c(F)cccc1NCC(=O)Nc1cccc(Cl)c1. The first-order chi connectivity index (χ1) is 9.56. The minimum atomic E-state index is -0.301. The predicted octanol–water partition coefficient (Wildman–Crippen LogP) is 3.84. The van der Waals surface area contributed by atoms with Gasteiger partial charge in [-0.3, -0.25) is 4.79 Å². The molecule has 2 N–H and O–H groups in total. The van der Waals surface area contributed by atoms with Gasteiger partial charge in [-0.25, -0.2) is 4.39 Å². The van der Waals surface area contributed by atoms with Crippen LogP contribution in [0.4, 0.5) is 15.8 Å². The lowest BCUT2D eigenvalue weighted by Gasteiger charge is -2.10. The molecule has 1 amide bonds. The van der Waals surface area contributed by atoms with Gasteiger partial charge in [0, 0.05) is 22.0 Å². The first kappa shape index (κ1) is 14.3. The Hall–Kier alpha value is -2.07. The van der Waals surface area contributed by atoms with E-state index in [0.717, 1.165) is 0 Å². The summed E-state index contributed by atoms with van der Waals surface area (Å²) in [6.07, 6.45) is 0. The second kappa shape index (κ2) is 6.39. The van der Waals surface area contributed by atoms with E-state index in [1.165, 1.54) is 6.07 Å². The highest BCUT2D eigenvalue weighted by molar-refractivity contribution is 6.30. The van der Waals surface area contributed by atoms with Crippen LogP contribution in [-0.4, -0.2) is 12.5 Å². The van der Waals surface area contributed by atoms with Crippen molar-refractivity contribution in [1.29, 1.82) is 0 Å². The standard InChI is InChI=1S/C15H14ClFN2O/c1-10-13(17)6-3-7-14(10)18-9-15(20)19-12-5-2-4-11(16)8-12/h2-8,18H,9H2,1H3,(H,19,20). The number of hydrogen-bond donors (Lipinski definition) is 2. The molecule has 0 fully saturated rings. The van der Waals surface area contributed by atoms with Crippen LogP contribution in [-0.2, 0) is 4.79 Å². The van der Waals surface area contributed by atoms with Crippen LogP contribution in [0.15, 0.2) is 42.5 Å². The highest BCUT2D eigenvalue weighted by atomic mass is 35.5. The van der Waals surface area contributed by atoms with Gasteiger partial charge in [0.25, 0.3) is 0 Å². The molecule has 0 radical (unpaired) electrons. The second-order valence-corrected chi connectivity index (χ2v) is 4.76. The van der Waals surface area contributed by atoms with Crippen molar-refractivity contribution in [3.05, 3.63) is 58.9 Å². The van der Waals surface area contributed by atoms with Crippen LogP contribution in [0.3, 0.4) is 0 Å². The molecular weight excluding hydrogens is 279 g/mol. The quantitative estimate of drug-likeness (QED) is 0.899. The van der Waals surface area contributed by atoms with Crippen LogP contribution in [0.1, 0.15) is 5.56 Å². The molecule has 2 aromatic carbocycles. The Kier molecular flexibility index (Phi) is 4.58. The average molecular weight is 293 g/mol. The minimum Gasteiger partial charge on any atom is -0.376 e. The van der Waals surface area contributed by atoms with Gasteiger partial charge in [-0.1, -0.05) is 23.7 Å². The molecule has 2 aromatic rings. The van der Waals surface area contributed by atoms with E-state index in [9.17, 15) is 9.18 Å². The third-order valence-corrected chi connectivity index (χ3v) is 3.05. The number of anilines is 2. The highest BCUT2D eigenvalue weighted by Gasteiger charge is 2.06. The molecule has 2 rings (SSSR count). The van der Waals surface area contributed by atoms with E-state index in [2.05, 4.69) is 10.6 Å². The summed E-state index contributed by atoms with van der Waals surface area (Å²) in [7, 11) is 0. The average Bonchev–Trinajstić information content (AvgIpc) is 2.40.